The van der Waals surface area contributed by atoms with Crippen LogP contribution in [0.5, 0.6) is 0 Å². The van der Waals surface area contributed by atoms with Gasteiger partial charge in [0.25, 0.3) is 5.91 Å². The van der Waals surface area contributed by atoms with Gasteiger partial charge in [0.05, 0.1) is 13.2 Å². The summed E-state index contributed by atoms with van der Waals surface area (Å²) in [6, 6.07) is 18.7. The summed E-state index contributed by atoms with van der Waals surface area (Å²) in [6.45, 7) is 8.79. The Bertz CT molecular complexity index is 766. The van der Waals surface area contributed by atoms with Gasteiger partial charge in [-0.25, -0.2) is 0 Å². The number of morpholine rings is 1. The zero-order chi connectivity index (χ0) is 19.2. The molecular formula is C23H29N3O2. The molecule has 0 saturated carbocycles. The highest BCUT2D eigenvalue weighted by molar-refractivity contribution is 5.94. The highest BCUT2D eigenvalue weighted by atomic mass is 16.5. The van der Waals surface area contributed by atoms with Crippen molar-refractivity contribution in [1.82, 2.24) is 14.7 Å². The van der Waals surface area contributed by atoms with E-state index in [1.54, 1.807) is 0 Å². The monoisotopic (exact) mass is 379 g/mol. The molecule has 2 fully saturated rings. The second kappa shape index (κ2) is 9.32. The molecule has 0 aromatic heterocycles. The molecule has 0 spiro atoms. The fraction of sp³-hybridized carbons (Fsp3) is 0.435. The molecule has 2 aromatic carbocycles. The van der Waals surface area contributed by atoms with Gasteiger partial charge in [0, 0.05) is 57.9 Å². The Morgan fingerprint density at radius 3 is 2.14 bits per heavy atom. The first-order valence-corrected chi connectivity index (χ1v) is 10.2. The van der Waals surface area contributed by atoms with E-state index in [2.05, 4.69) is 46.2 Å². The van der Waals surface area contributed by atoms with E-state index in [-0.39, 0.29) is 5.91 Å². The number of nitrogens with zero attached hydrogens (tertiary/aromatic N) is 3. The van der Waals surface area contributed by atoms with Gasteiger partial charge in [-0.15, -0.1) is 0 Å². The van der Waals surface area contributed by atoms with Crippen LogP contribution in [0.2, 0.25) is 0 Å². The highest BCUT2D eigenvalue weighted by Gasteiger charge is 2.22. The maximum atomic E-state index is 13.0. The molecule has 0 atom stereocenters. The van der Waals surface area contributed by atoms with Gasteiger partial charge >= 0.3 is 0 Å². The van der Waals surface area contributed by atoms with Crippen molar-refractivity contribution < 1.29 is 9.53 Å². The quantitative estimate of drug-likeness (QED) is 0.800. The smallest absolute Gasteiger partial charge is 0.253 e. The zero-order valence-electron chi connectivity index (χ0n) is 16.4. The van der Waals surface area contributed by atoms with E-state index in [0.29, 0.717) is 0 Å². The zero-order valence-corrected chi connectivity index (χ0v) is 16.4. The molecule has 2 aliphatic rings. The first-order chi connectivity index (χ1) is 13.8. The third kappa shape index (κ3) is 4.98. The molecule has 28 heavy (non-hydrogen) atoms. The summed E-state index contributed by atoms with van der Waals surface area (Å²) in [5.41, 5.74) is 3.34. The summed E-state index contributed by atoms with van der Waals surface area (Å²) >= 11 is 0. The van der Waals surface area contributed by atoms with Gasteiger partial charge in [-0.1, -0.05) is 42.5 Å². The molecule has 2 aliphatic heterocycles. The Balaban J connectivity index is 1.31. The number of ether oxygens (including phenoxy) is 1. The van der Waals surface area contributed by atoms with Gasteiger partial charge in [-0.3, -0.25) is 14.6 Å². The van der Waals surface area contributed by atoms with Gasteiger partial charge < -0.3 is 9.64 Å². The van der Waals surface area contributed by atoms with Gasteiger partial charge in [-0.05, 0) is 23.3 Å². The minimum Gasteiger partial charge on any atom is -0.379 e. The summed E-state index contributed by atoms with van der Waals surface area (Å²) in [6.07, 6.45) is 0. The fourth-order valence-corrected chi connectivity index (χ4v) is 3.95. The third-order valence-electron chi connectivity index (χ3n) is 5.59. The van der Waals surface area contributed by atoms with Gasteiger partial charge in [0.15, 0.2) is 0 Å². The topological polar surface area (TPSA) is 36.0 Å². The molecular weight excluding hydrogens is 350 g/mol. The predicted molar refractivity (Wildman–Crippen MR) is 110 cm³/mol. The van der Waals surface area contributed by atoms with Crippen molar-refractivity contribution in [3.05, 3.63) is 71.3 Å². The fourth-order valence-electron chi connectivity index (χ4n) is 3.95. The molecule has 2 heterocycles. The Kier molecular flexibility index (Phi) is 6.37. The van der Waals surface area contributed by atoms with Crippen LogP contribution in [0, 0.1) is 0 Å². The van der Waals surface area contributed by atoms with Crippen LogP contribution in [0.1, 0.15) is 21.5 Å². The minimum absolute atomic E-state index is 0.156. The molecule has 1 amide bonds. The standard InChI is InChI=1S/C23H29N3O2/c27-23(22-8-4-7-21(17-22)19-25-13-15-28-16-14-25)26-11-9-24(10-12-26)18-20-5-2-1-3-6-20/h1-8,17H,9-16,18-19H2. The number of amides is 1. The maximum absolute atomic E-state index is 13.0. The molecule has 2 aromatic rings. The van der Waals surface area contributed by atoms with Crippen molar-refractivity contribution in [2.45, 2.75) is 13.1 Å². The number of carbonyl (C=O) groups is 1. The molecule has 5 nitrogen and oxygen atoms in total. The first kappa shape index (κ1) is 19.1. The Morgan fingerprint density at radius 1 is 0.750 bits per heavy atom. The lowest BCUT2D eigenvalue weighted by molar-refractivity contribution is 0.0341. The molecule has 4 rings (SSSR count). The Morgan fingerprint density at radius 2 is 1.39 bits per heavy atom. The number of hydrogen-bond donors (Lipinski definition) is 0. The summed E-state index contributed by atoms with van der Waals surface area (Å²) in [7, 11) is 0. The number of rotatable bonds is 5. The normalized spacial score (nSPS) is 18.9. The van der Waals surface area contributed by atoms with Crippen LogP contribution < -0.4 is 0 Å². The van der Waals surface area contributed by atoms with Crippen molar-refractivity contribution >= 4 is 5.91 Å². The van der Waals surface area contributed by atoms with E-state index in [4.69, 9.17) is 4.74 Å². The van der Waals surface area contributed by atoms with Gasteiger partial charge in [0.2, 0.25) is 0 Å². The molecule has 0 aliphatic carbocycles. The molecule has 0 bridgehead atoms. The highest BCUT2D eigenvalue weighted by Crippen LogP contribution is 2.14. The minimum atomic E-state index is 0.156. The summed E-state index contributed by atoms with van der Waals surface area (Å²) in [4.78, 5) is 19.8. The van der Waals surface area contributed by atoms with Gasteiger partial charge in [0.1, 0.15) is 0 Å². The molecule has 0 unspecified atom stereocenters. The predicted octanol–water partition coefficient (Wildman–Crippen LogP) is 2.48. The summed E-state index contributed by atoms with van der Waals surface area (Å²) in [5.74, 6) is 0.156. The van der Waals surface area contributed by atoms with E-state index in [0.717, 1.165) is 71.1 Å². The molecule has 5 heteroatoms. The third-order valence-corrected chi connectivity index (χ3v) is 5.59. The van der Waals surface area contributed by atoms with Crippen LogP contribution in [0.25, 0.3) is 0 Å². The van der Waals surface area contributed by atoms with Crippen LogP contribution in [-0.4, -0.2) is 73.1 Å². The Hall–Kier alpha value is -2.21. The maximum Gasteiger partial charge on any atom is 0.253 e. The van der Waals surface area contributed by atoms with Crippen molar-refractivity contribution in [3.63, 3.8) is 0 Å². The van der Waals surface area contributed by atoms with Crippen LogP contribution in [-0.2, 0) is 17.8 Å². The molecule has 0 radical (unpaired) electrons. The first-order valence-electron chi connectivity index (χ1n) is 10.2. The molecule has 0 N–H and O–H groups in total. The largest absolute Gasteiger partial charge is 0.379 e. The van der Waals surface area contributed by atoms with Crippen LogP contribution in [0.4, 0.5) is 0 Å². The summed E-state index contributed by atoms with van der Waals surface area (Å²) in [5, 5.41) is 0. The summed E-state index contributed by atoms with van der Waals surface area (Å²) < 4.78 is 5.42. The van der Waals surface area contributed by atoms with Gasteiger partial charge in [-0.2, -0.15) is 0 Å². The van der Waals surface area contributed by atoms with E-state index in [1.165, 1.54) is 11.1 Å². The molecule has 148 valence electrons. The average Bonchev–Trinajstić information content (AvgIpc) is 2.75. The lowest BCUT2D eigenvalue weighted by atomic mass is 10.1. The van der Waals surface area contributed by atoms with Crippen LogP contribution in [0.15, 0.2) is 54.6 Å². The van der Waals surface area contributed by atoms with E-state index in [9.17, 15) is 4.79 Å². The molecule has 2 saturated heterocycles. The number of hydrogen-bond acceptors (Lipinski definition) is 4. The number of carbonyl (C=O) groups excluding carboxylic acids is 1. The number of benzene rings is 2. The van der Waals surface area contributed by atoms with E-state index < -0.39 is 0 Å². The lowest BCUT2D eigenvalue weighted by Crippen LogP contribution is -2.48. The Labute approximate surface area is 167 Å². The lowest BCUT2D eigenvalue weighted by Gasteiger charge is -2.35. The second-order valence-corrected chi connectivity index (χ2v) is 7.64. The second-order valence-electron chi connectivity index (χ2n) is 7.64. The average molecular weight is 380 g/mol. The van der Waals surface area contributed by atoms with Crippen LogP contribution in [0.3, 0.4) is 0 Å². The van der Waals surface area contributed by atoms with Crippen molar-refractivity contribution in [2.24, 2.45) is 0 Å². The van der Waals surface area contributed by atoms with E-state index in [1.807, 2.05) is 23.1 Å². The van der Waals surface area contributed by atoms with Crippen molar-refractivity contribution in [1.29, 1.82) is 0 Å². The van der Waals surface area contributed by atoms with Crippen molar-refractivity contribution in [3.8, 4) is 0 Å². The van der Waals surface area contributed by atoms with Crippen LogP contribution >= 0.6 is 0 Å². The number of piperazine rings is 1. The SMILES string of the molecule is O=C(c1cccc(CN2CCOCC2)c1)N1CCN(Cc2ccccc2)CC1. The van der Waals surface area contributed by atoms with E-state index >= 15 is 0 Å². The van der Waals surface area contributed by atoms with Crippen molar-refractivity contribution in [2.75, 3.05) is 52.5 Å².